The zero-order chi connectivity index (χ0) is 11.9. The van der Waals surface area contributed by atoms with E-state index in [2.05, 4.69) is 12.2 Å². The fourth-order valence-corrected chi connectivity index (χ4v) is 2.97. The molecule has 1 aliphatic heterocycles. The normalized spacial score (nSPS) is 28.4. The third-order valence-electron chi connectivity index (χ3n) is 4.06. The zero-order valence-corrected chi connectivity index (χ0v) is 11.1. The van der Waals surface area contributed by atoms with Crippen LogP contribution in [0.2, 0.25) is 0 Å². The third-order valence-corrected chi connectivity index (χ3v) is 4.06. The maximum atomic E-state index is 6.09. The van der Waals surface area contributed by atoms with Crippen LogP contribution in [0.5, 0.6) is 0 Å². The maximum Gasteiger partial charge on any atom is 0.0626 e. The van der Waals surface area contributed by atoms with Crippen molar-refractivity contribution in [2.45, 2.75) is 57.6 Å². The SMILES string of the molecule is CCNC(COC1CCCCC1)C1CCOC1. The molecular formula is C14H27NO2. The Bertz CT molecular complexity index is 198. The van der Waals surface area contributed by atoms with Gasteiger partial charge in [0.15, 0.2) is 0 Å². The van der Waals surface area contributed by atoms with Gasteiger partial charge in [-0.2, -0.15) is 0 Å². The summed E-state index contributed by atoms with van der Waals surface area (Å²) in [5.41, 5.74) is 0. The van der Waals surface area contributed by atoms with Crippen molar-refractivity contribution in [1.82, 2.24) is 5.32 Å². The molecule has 2 fully saturated rings. The summed E-state index contributed by atoms with van der Waals surface area (Å²) in [5, 5.41) is 3.56. The van der Waals surface area contributed by atoms with E-state index in [4.69, 9.17) is 9.47 Å². The lowest BCUT2D eigenvalue weighted by molar-refractivity contribution is 0.00621. The number of likely N-dealkylation sites (N-methyl/N-ethyl adjacent to an activating group) is 1. The number of rotatable bonds is 6. The maximum absolute atomic E-state index is 6.09. The van der Waals surface area contributed by atoms with Gasteiger partial charge >= 0.3 is 0 Å². The zero-order valence-electron chi connectivity index (χ0n) is 11.1. The lowest BCUT2D eigenvalue weighted by atomic mass is 9.97. The van der Waals surface area contributed by atoms with E-state index in [1.54, 1.807) is 0 Å². The third kappa shape index (κ3) is 4.23. The molecular weight excluding hydrogens is 214 g/mol. The van der Waals surface area contributed by atoms with Crippen LogP contribution in [0.25, 0.3) is 0 Å². The Hall–Kier alpha value is -0.120. The molecule has 2 atom stereocenters. The fraction of sp³-hybridized carbons (Fsp3) is 1.00. The van der Waals surface area contributed by atoms with Crippen LogP contribution in [0.15, 0.2) is 0 Å². The molecule has 100 valence electrons. The molecule has 17 heavy (non-hydrogen) atoms. The van der Waals surface area contributed by atoms with Gasteiger partial charge in [0.1, 0.15) is 0 Å². The van der Waals surface area contributed by atoms with Gasteiger partial charge in [0, 0.05) is 18.6 Å². The van der Waals surface area contributed by atoms with Gasteiger partial charge in [0.25, 0.3) is 0 Å². The summed E-state index contributed by atoms with van der Waals surface area (Å²) in [6.45, 7) is 5.90. The molecule has 0 aromatic carbocycles. The molecule has 0 amide bonds. The van der Waals surface area contributed by atoms with E-state index < -0.39 is 0 Å². The molecule has 0 aromatic heterocycles. The summed E-state index contributed by atoms with van der Waals surface area (Å²) in [4.78, 5) is 0. The van der Waals surface area contributed by atoms with Gasteiger partial charge in [-0.1, -0.05) is 26.2 Å². The Morgan fingerprint density at radius 1 is 1.24 bits per heavy atom. The standard InChI is InChI=1S/C14H27NO2/c1-2-15-14(12-8-9-16-10-12)11-17-13-6-4-3-5-7-13/h12-15H,2-11H2,1H3. The molecule has 2 unspecified atom stereocenters. The molecule has 0 spiro atoms. The molecule has 2 rings (SSSR count). The summed E-state index contributed by atoms with van der Waals surface area (Å²) in [7, 11) is 0. The molecule has 1 heterocycles. The van der Waals surface area contributed by atoms with Crippen LogP contribution in [0.4, 0.5) is 0 Å². The van der Waals surface area contributed by atoms with Gasteiger partial charge in [-0.15, -0.1) is 0 Å². The topological polar surface area (TPSA) is 30.5 Å². The highest BCUT2D eigenvalue weighted by molar-refractivity contribution is 4.79. The fourth-order valence-electron chi connectivity index (χ4n) is 2.97. The van der Waals surface area contributed by atoms with Crippen LogP contribution in [0.3, 0.4) is 0 Å². The summed E-state index contributed by atoms with van der Waals surface area (Å²) < 4.78 is 11.6. The van der Waals surface area contributed by atoms with Crippen LogP contribution in [0, 0.1) is 5.92 Å². The molecule has 3 nitrogen and oxygen atoms in total. The van der Waals surface area contributed by atoms with Gasteiger partial charge in [-0.25, -0.2) is 0 Å². The van der Waals surface area contributed by atoms with Crippen LogP contribution in [-0.4, -0.2) is 38.5 Å². The molecule has 3 heteroatoms. The Morgan fingerprint density at radius 3 is 2.71 bits per heavy atom. The smallest absolute Gasteiger partial charge is 0.0626 e. The Balaban J connectivity index is 1.72. The lowest BCUT2D eigenvalue weighted by Gasteiger charge is -2.28. The van der Waals surface area contributed by atoms with Gasteiger partial charge < -0.3 is 14.8 Å². The van der Waals surface area contributed by atoms with Gasteiger partial charge in [-0.05, 0) is 25.8 Å². The second-order valence-corrected chi connectivity index (χ2v) is 5.38. The predicted octanol–water partition coefficient (Wildman–Crippen LogP) is 2.35. The van der Waals surface area contributed by atoms with E-state index in [0.717, 1.165) is 26.4 Å². The highest BCUT2D eigenvalue weighted by Gasteiger charge is 2.26. The van der Waals surface area contributed by atoms with Crippen molar-refractivity contribution in [1.29, 1.82) is 0 Å². The number of hydrogen-bond donors (Lipinski definition) is 1. The summed E-state index contributed by atoms with van der Waals surface area (Å²) in [6.07, 6.45) is 8.33. The van der Waals surface area contributed by atoms with E-state index in [0.29, 0.717) is 18.1 Å². The molecule has 1 saturated carbocycles. The minimum atomic E-state index is 0.490. The van der Waals surface area contributed by atoms with Gasteiger partial charge in [-0.3, -0.25) is 0 Å². The van der Waals surface area contributed by atoms with Gasteiger partial charge in [0.2, 0.25) is 0 Å². The summed E-state index contributed by atoms with van der Waals surface area (Å²) in [5.74, 6) is 0.651. The summed E-state index contributed by atoms with van der Waals surface area (Å²) >= 11 is 0. The second kappa shape index (κ2) is 7.34. The quantitative estimate of drug-likeness (QED) is 0.774. The number of hydrogen-bond acceptors (Lipinski definition) is 3. The summed E-state index contributed by atoms with van der Waals surface area (Å²) in [6, 6.07) is 0.490. The molecule has 0 radical (unpaired) electrons. The Kier molecular flexibility index (Phi) is 5.75. The highest BCUT2D eigenvalue weighted by atomic mass is 16.5. The Labute approximate surface area is 105 Å². The first-order valence-corrected chi connectivity index (χ1v) is 7.33. The first-order chi connectivity index (χ1) is 8.40. The Morgan fingerprint density at radius 2 is 2.06 bits per heavy atom. The van der Waals surface area contributed by atoms with Crippen molar-refractivity contribution in [3.63, 3.8) is 0 Å². The van der Waals surface area contributed by atoms with E-state index >= 15 is 0 Å². The largest absolute Gasteiger partial charge is 0.381 e. The van der Waals surface area contributed by atoms with Gasteiger partial charge in [0.05, 0.1) is 19.3 Å². The lowest BCUT2D eigenvalue weighted by Crippen LogP contribution is -2.41. The predicted molar refractivity (Wildman–Crippen MR) is 69.2 cm³/mol. The van der Waals surface area contributed by atoms with Crippen molar-refractivity contribution in [2.24, 2.45) is 5.92 Å². The molecule has 2 aliphatic rings. The molecule has 0 bridgehead atoms. The van der Waals surface area contributed by atoms with E-state index in [1.165, 1.54) is 38.5 Å². The second-order valence-electron chi connectivity index (χ2n) is 5.38. The molecule has 0 aromatic rings. The molecule has 1 saturated heterocycles. The van der Waals surface area contributed by atoms with Crippen LogP contribution in [0.1, 0.15) is 45.4 Å². The van der Waals surface area contributed by atoms with Crippen molar-refractivity contribution in [3.8, 4) is 0 Å². The molecule has 1 aliphatic carbocycles. The van der Waals surface area contributed by atoms with Crippen molar-refractivity contribution in [2.75, 3.05) is 26.4 Å². The number of ether oxygens (including phenoxy) is 2. The van der Waals surface area contributed by atoms with Crippen LogP contribution >= 0.6 is 0 Å². The first kappa shape index (κ1) is 13.3. The van der Waals surface area contributed by atoms with Crippen molar-refractivity contribution in [3.05, 3.63) is 0 Å². The highest BCUT2D eigenvalue weighted by Crippen LogP contribution is 2.22. The van der Waals surface area contributed by atoms with Crippen molar-refractivity contribution >= 4 is 0 Å². The average molecular weight is 241 g/mol. The molecule has 1 N–H and O–H groups in total. The van der Waals surface area contributed by atoms with Crippen LogP contribution in [-0.2, 0) is 9.47 Å². The van der Waals surface area contributed by atoms with E-state index in [9.17, 15) is 0 Å². The monoisotopic (exact) mass is 241 g/mol. The van der Waals surface area contributed by atoms with E-state index in [1.807, 2.05) is 0 Å². The van der Waals surface area contributed by atoms with E-state index in [-0.39, 0.29) is 0 Å². The van der Waals surface area contributed by atoms with Crippen molar-refractivity contribution < 1.29 is 9.47 Å². The minimum absolute atomic E-state index is 0.490. The number of nitrogens with one attached hydrogen (secondary N) is 1. The first-order valence-electron chi connectivity index (χ1n) is 7.33. The van der Waals surface area contributed by atoms with Crippen LogP contribution < -0.4 is 5.32 Å². The minimum Gasteiger partial charge on any atom is -0.381 e. The average Bonchev–Trinajstić information content (AvgIpc) is 2.89.